The standard InChI is InChI=1S/C21H26N4O2.2ClH/c22-19(16-6-2-1-3-7-16)21(27)24-18-8-4-5-15(13-18)14-25-11-9-17(10-12-25)20(23)26;;/h1-8,13,17,19H,9-12,14,22H2,(H2,23,26)(H,24,27);2*1H. The number of benzene rings is 2. The zero-order valence-electron chi connectivity index (χ0n) is 16.1. The quantitative estimate of drug-likeness (QED) is 0.644. The predicted octanol–water partition coefficient (Wildman–Crippen LogP) is 2.87. The van der Waals surface area contributed by atoms with Crippen LogP contribution >= 0.6 is 24.8 Å². The summed E-state index contributed by atoms with van der Waals surface area (Å²) in [5, 5.41) is 2.90. The van der Waals surface area contributed by atoms with Crippen molar-refractivity contribution in [3.8, 4) is 0 Å². The molecule has 0 aromatic heterocycles. The number of carbonyl (C=O) groups excluding carboxylic acids is 2. The van der Waals surface area contributed by atoms with E-state index in [2.05, 4.69) is 10.2 Å². The lowest BCUT2D eigenvalue weighted by Gasteiger charge is -2.30. The molecule has 0 radical (unpaired) electrons. The van der Waals surface area contributed by atoms with Crippen LogP contribution in [-0.4, -0.2) is 29.8 Å². The Bertz CT molecular complexity index is 796. The summed E-state index contributed by atoms with van der Waals surface area (Å²) in [6.07, 6.45) is 1.61. The number of nitrogens with two attached hydrogens (primary N) is 2. The van der Waals surface area contributed by atoms with Gasteiger partial charge in [0.05, 0.1) is 0 Å². The molecule has 2 amide bonds. The molecule has 1 heterocycles. The van der Waals surface area contributed by atoms with Crippen molar-refractivity contribution in [3.63, 3.8) is 0 Å². The van der Waals surface area contributed by atoms with E-state index >= 15 is 0 Å². The van der Waals surface area contributed by atoms with E-state index < -0.39 is 6.04 Å². The Kier molecular flexibility index (Phi) is 10.1. The maximum atomic E-state index is 12.4. The molecule has 158 valence electrons. The van der Waals surface area contributed by atoms with Crippen molar-refractivity contribution >= 4 is 42.3 Å². The second-order valence-corrected chi connectivity index (χ2v) is 7.03. The van der Waals surface area contributed by atoms with E-state index in [-0.39, 0.29) is 42.5 Å². The lowest BCUT2D eigenvalue weighted by molar-refractivity contribution is -0.123. The first-order chi connectivity index (χ1) is 13.0. The van der Waals surface area contributed by atoms with Crippen molar-refractivity contribution < 1.29 is 9.59 Å². The number of nitrogens with zero attached hydrogens (tertiary/aromatic N) is 1. The minimum absolute atomic E-state index is 0. The molecule has 0 saturated carbocycles. The lowest BCUT2D eigenvalue weighted by atomic mass is 9.96. The minimum atomic E-state index is -0.706. The summed E-state index contributed by atoms with van der Waals surface area (Å²) < 4.78 is 0. The lowest BCUT2D eigenvalue weighted by Crippen LogP contribution is -2.38. The van der Waals surface area contributed by atoms with Crippen LogP contribution in [0.5, 0.6) is 0 Å². The number of hydrogen-bond donors (Lipinski definition) is 3. The van der Waals surface area contributed by atoms with Gasteiger partial charge in [-0.2, -0.15) is 0 Å². The van der Waals surface area contributed by atoms with Gasteiger partial charge in [0, 0.05) is 18.2 Å². The summed E-state index contributed by atoms with van der Waals surface area (Å²) in [5.74, 6) is -0.443. The molecule has 5 N–H and O–H groups in total. The number of anilines is 1. The Hall–Kier alpha value is -2.12. The fraction of sp³-hybridized carbons (Fsp3) is 0.333. The number of carbonyl (C=O) groups is 2. The average Bonchev–Trinajstić information content (AvgIpc) is 2.68. The number of amides is 2. The summed E-state index contributed by atoms with van der Waals surface area (Å²) in [6, 6.07) is 16.4. The monoisotopic (exact) mass is 438 g/mol. The van der Waals surface area contributed by atoms with Crippen LogP contribution in [0.4, 0.5) is 5.69 Å². The van der Waals surface area contributed by atoms with Crippen molar-refractivity contribution in [2.45, 2.75) is 25.4 Å². The Morgan fingerprint density at radius 1 is 1.03 bits per heavy atom. The van der Waals surface area contributed by atoms with Crippen LogP contribution in [0, 0.1) is 5.92 Å². The normalized spacial score (nSPS) is 15.5. The van der Waals surface area contributed by atoms with Crippen LogP contribution in [0.15, 0.2) is 54.6 Å². The molecule has 1 aliphatic heterocycles. The highest BCUT2D eigenvalue weighted by Gasteiger charge is 2.23. The van der Waals surface area contributed by atoms with E-state index in [1.807, 2.05) is 54.6 Å². The minimum Gasteiger partial charge on any atom is -0.369 e. The molecule has 1 fully saturated rings. The van der Waals surface area contributed by atoms with Gasteiger partial charge in [0.25, 0.3) is 0 Å². The van der Waals surface area contributed by atoms with Crippen molar-refractivity contribution in [2.24, 2.45) is 17.4 Å². The number of halogens is 2. The third kappa shape index (κ3) is 7.01. The Balaban J connectivity index is 0.00000210. The van der Waals surface area contributed by atoms with Crippen LogP contribution < -0.4 is 16.8 Å². The van der Waals surface area contributed by atoms with Crippen LogP contribution in [0.2, 0.25) is 0 Å². The molecule has 0 spiro atoms. The first kappa shape index (κ1) is 24.9. The van der Waals surface area contributed by atoms with Gasteiger partial charge in [0.15, 0.2) is 0 Å². The molecule has 3 rings (SSSR count). The molecule has 8 heteroatoms. The summed E-state index contributed by atoms with van der Waals surface area (Å²) in [4.78, 5) is 26.0. The predicted molar refractivity (Wildman–Crippen MR) is 120 cm³/mol. The van der Waals surface area contributed by atoms with Crippen LogP contribution in [-0.2, 0) is 16.1 Å². The van der Waals surface area contributed by atoms with Crippen LogP contribution in [0.3, 0.4) is 0 Å². The number of rotatable bonds is 6. The van der Waals surface area contributed by atoms with Gasteiger partial charge in [-0.1, -0.05) is 42.5 Å². The third-order valence-corrected chi connectivity index (χ3v) is 5.03. The molecule has 1 aliphatic rings. The molecule has 1 unspecified atom stereocenters. The van der Waals surface area contributed by atoms with Gasteiger partial charge >= 0.3 is 0 Å². The van der Waals surface area contributed by atoms with Crippen LogP contribution in [0.1, 0.15) is 30.0 Å². The number of primary amides is 1. The molecular weight excluding hydrogens is 411 g/mol. The van der Waals surface area contributed by atoms with E-state index in [1.165, 1.54) is 0 Å². The number of nitrogens with one attached hydrogen (secondary N) is 1. The van der Waals surface area contributed by atoms with E-state index in [0.717, 1.165) is 49.3 Å². The first-order valence-corrected chi connectivity index (χ1v) is 9.25. The van der Waals surface area contributed by atoms with Gasteiger partial charge in [-0.25, -0.2) is 0 Å². The van der Waals surface area contributed by atoms with Gasteiger partial charge in [-0.3, -0.25) is 14.5 Å². The van der Waals surface area contributed by atoms with Gasteiger partial charge in [-0.05, 0) is 49.2 Å². The molecule has 1 saturated heterocycles. The second-order valence-electron chi connectivity index (χ2n) is 7.03. The Morgan fingerprint density at radius 2 is 1.69 bits per heavy atom. The molecule has 0 bridgehead atoms. The van der Waals surface area contributed by atoms with E-state index in [9.17, 15) is 9.59 Å². The summed E-state index contributed by atoms with van der Waals surface area (Å²) in [7, 11) is 0. The van der Waals surface area contributed by atoms with Gasteiger partial charge < -0.3 is 16.8 Å². The SMILES string of the molecule is Cl.Cl.NC(=O)C1CCN(Cc2cccc(NC(=O)C(N)c3ccccc3)c2)CC1. The number of likely N-dealkylation sites (tertiary alicyclic amines) is 1. The highest BCUT2D eigenvalue weighted by atomic mass is 35.5. The average molecular weight is 439 g/mol. The van der Waals surface area contributed by atoms with E-state index in [1.54, 1.807) is 0 Å². The fourth-order valence-corrected chi connectivity index (χ4v) is 3.41. The zero-order chi connectivity index (χ0) is 19.2. The topological polar surface area (TPSA) is 101 Å². The molecule has 29 heavy (non-hydrogen) atoms. The molecule has 2 aromatic rings. The van der Waals surface area contributed by atoms with E-state index in [4.69, 9.17) is 11.5 Å². The van der Waals surface area contributed by atoms with Gasteiger partial charge in [0.1, 0.15) is 6.04 Å². The summed E-state index contributed by atoms with van der Waals surface area (Å²) in [5.41, 5.74) is 14.1. The Morgan fingerprint density at radius 3 is 2.31 bits per heavy atom. The molecule has 0 aliphatic carbocycles. The maximum Gasteiger partial charge on any atom is 0.245 e. The number of piperidine rings is 1. The van der Waals surface area contributed by atoms with Crippen molar-refractivity contribution in [3.05, 3.63) is 65.7 Å². The van der Waals surface area contributed by atoms with Gasteiger partial charge in [-0.15, -0.1) is 24.8 Å². The molecular formula is C21H28Cl2N4O2. The highest BCUT2D eigenvalue weighted by molar-refractivity contribution is 5.95. The second kappa shape index (κ2) is 11.8. The van der Waals surface area contributed by atoms with E-state index in [0.29, 0.717) is 0 Å². The fourth-order valence-electron chi connectivity index (χ4n) is 3.41. The molecule has 2 aromatic carbocycles. The smallest absolute Gasteiger partial charge is 0.245 e. The van der Waals surface area contributed by atoms with Gasteiger partial charge in [0.2, 0.25) is 11.8 Å². The van der Waals surface area contributed by atoms with Crippen LogP contribution in [0.25, 0.3) is 0 Å². The first-order valence-electron chi connectivity index (χ1n) is 9.25. The summed E-state index contributed by atoms with van der Waals surface area (Å²) >= 11 is 0. The highest BCUT2D eigenvalue weighted by Crippen LogP contribution is 2.20. The molecule has 6 nitrogen and oxygen atoms in total. The molecule has 1 atom stereocenters. The van der Waals surface area contributed by atoms with Crippen molar-refractivity contribution in [2.75, 3.05) is 18.4 Å². The number of hydrogen-bond acceptors (Lipinski definition) is 4. The Labute approximate surface area is 183 Å². The largest absolute Gasteiger partial charge is 0.369 e. The maximum absolute atomic E-state index is 12.4. The van der Waals surface area contributed by atoms with Crippen molar-refractivity contribution in [1.29, 1.82) is 0 Å². The summed E-state index contributed by atoms with van der Waals surface area (Å²) in [6.45, 7) is 2.48. The zero-order valence-corrected chi connectivity index (χ0v) is 17.8. The van der Waals surface area contributed by atoms with Crippen molar-refractivity contribution in [1.82, 2.24) is 4.90 Å². The third-order valence-electron chi connectivity index (χ3n) is 5.03.